The number of benzene rings is 1. The maximum absolute atomic E-state index is 12.2. The van der Waals surface area contributed by atoms with E-state index in [4.69, 9.17) is 18.6 Å². The Bertz CT molecular complexity index is 882. The van der Waals surface area contributed by atoms with E-state index >= 15 is 0 Å². The third kappa shape index (κ3) is 3.20. The van der Waals surface area contributed by atoms with Crippen LogP contribution in [0.3, 0.4) is 0 Å². The van der Waals surface area contributed by atoms with Crippen LogP contribution in [0, 0.1) is 17.0 Å². The minimum atomic E-state index is -3.79. The van der Waals surface area contributed by atoms with Crippen molar-refractivity contribution in [2.45, 2.75) is 6.23 Å². The summed E-state index contributed by atoms with van der Waals surface area (Å²) in [6.45, 7) is 0. The lowest BCUT2D eigenvalue weighted by Crippen LogP contribution is -2.34. The molecule has 0 saturated heterocycles. The molecule has 0 bridgehead atoms. The molecule has 2 N–H and O–H groups in total. The van der Waals surface area contributed by atoms with E-state index in [0.717, 1.165) is 10.6 Å². The zero-order valence-corrected chi connectivity index (χ0v) is 13.4. The van der Waals surface area contributed by atoms with Crippen LogP contribution in [-0.4, -0.2) is 24.8 Å². The summed E-state index contributed by atoms with van der Waals surface area (Å²) in [4.78, 5) is 2.76. The highest BCUT2D eigenvalue weighted by Crippen LogP contribution is 2.30. The summed E-state index contributed by atoms with van der Waals surface area (Å²) in [5.41, 5.74) is 0.853. The average molecular weight is 334 g/mol. The maximum Gasteiger partial charge on any atom is 0.234 e. The van der Waals surface area contributed by atoms with E-state index in [-0.39, 0.29) is 15.9 Å². The highest BCUT2D eigenvalue weighted by molar-refractivity contribution is 7.92. The van der Waals surface area contributed by atoms with Gasteiger partial charge in [-0.3, -0.25) is 0 Å². The quantitative estimate of drug-likeness (QED) is 0.511. The Hall–Kier alpha value is -2.14. The summed E-state index contributed by atoms with van der Waals surface area (Å²) < 4.78 is 25.5. The Labute approximate surface area is 134 Å². The number of sulfonamides is 1. The zero-order valence-electron chi connectivity index (χ0n) is 11.7. The summed E-state index contributed by atoms with van der Waals surface area (Å²) >= 11 is 5.10. The number of aromatic nitrogens is 1. The summed E-state index contributed by atoms with van der Waals surface area (Å²) in [6.07, 6.45) is 6.54. The van der Waals surface area contributed by atoms with Gasteiger partial charge in [-0.2, -0.15) is 0 Å². The molecule has 114 valence electrons. The average Bonchev–Trinajstić information content (AvgIpc) is 2.47. The summed E-state index contributed by atoms with van der Waals surface area (Å²) in [7, 11) is -3.79. The molecule has 1 unspecified atom stereocenters. The number of nitrogens with one attached hydrogen (secondary N) is 1. The normalized spacial score (nSPS) is 12.4. The molecule has 2 aromatic rings. The SMILES string of the molecule is C#Cc1ccccc1N(C(O)c1ccc[nH]c1=S)S(C)(=O)=O. The van der Waals surface area contributed by atoms with Crippen LogP contribution in [-0.2, 0) is 10.0 Å². The summed E-state index contributed by atoms with van der Waals surface area (Å²) in [5, 5.41) is 10.6. The van der Waals surface area contributed by atoms with Crippen molar-refractivity contribution in [3.8, 4) is 12.3 Å². The Morgan fingerprint density at radius 3 is 2.59 bits per heavy atom. The van der Waals surface area contributed by atoms with Crippen LogP contribution in [0.4, 0.5) is 5.69 Å². The number of rotatable bonds is 4. The second kappa shape index (κ2) is 6.32. The fourth-order valence-electron chi connectivity index (χ4n) is 2.04. The Balaban J connectivity index is 2.66. The van der Waals surface area contributed by atoms with Crippen LogP contribution < -0.4 is 4.31 Å². The smallest absolute Gasteiger partial charge is 0.234 e. The van der Waals surface area contributed by atoms with Gasteiger partial charge in [0, 0.05) is 17.3 Å². The van der Waals surface area contributed by atoms with Gasteiger partial charge >= 0.3 is 0 Å². The third-order valence-electron chi connectivity index (χ3n) is 3.00. The molecule has 5 nitrogen and oxygen atoms in total. The molecule has 1 heterocycles. The van der Waals surface area contributed by atoms with E-state index in [2.05, 4.69) is 10.9 Å². The molecule has 0 radical (unpaired) electrons. The Kier molecular flexibility index (Phi) is 4.66. The van der Waals surface area contributed by atoms with Gasteiger partial charge in [-0.1, -0.05) is 36.3 Å². The molecule has 1 aromatic heterocycles. The van der Waals surface area contributed by atoms with Crippen molar-refractivity contribution in [1.82, 2.24) is 4.98 Å². The van der Waals surface area contributed by atoms with E-state index in [1.807, 2.05) is 0 Å². The van der Waals surface area contributed by atoms with Crippen molar-refractivity contribution in [3.63, 3.8) is 0 Å². The van der Waals surface area contributed by atoms with Gasteiger partial charge in [0.15, 0.2) is 6.23 Å². The van der Waals surface area contributed by atoms with Crippen molar-refractivity contribution in [3.05, 3.63) is 58.4 Å². The maximum atomic E-state index is 12.2. The molecule has 7 heteroatoms. The number of hydrogen-bond acceptors (Lipinski definition) is 4. The molecule has 22 heavy (non-hydrogen) atoms. The van der Waals surface area contributed by atoms with E-state index < -0.39 is 16.3 Å². The topological polar surface area (TPSA) is 73.4 Å². The van der Waals surface area contributed by atoms with E-state index in [9.17, 15) is 13.5 Å². The number of nitrogens with zero attached hydrogens (tertiary/aromatic N) is 1. The number of hydrogen-bond donors (Lipinski definition) is 2. The van der Waals surface area contributed by atoms with Gasteiger partial charge in [0.1, 0.15) is 4.64 Å². The lowest BCUT2D eigenvalue weighted by molar-refractivity contribution is 0.189. The van der Waals surface area contributed by atoms with Crippen LogP contribution in [0.5, 0.6) is 0 Å². The predicted octanol–water partition coefficient (Wildman–Crippen LogP) is 2.18. The fraction of sp³-hybridized carbons (Fsp3) is 0.133. The number of H-pyrrole nitrogens is 1. The number of para-hydroxylation sites is 1. The largest absolute Gasteiger partial charge is 0.368 e. The molecule has 2 rings (SSSR count). The lowest BCUT2D eigenvalue weighted by atomic mass is 10.1. The second-order valence-corrected chi connectivity index (χ2v) is 6.82. The molecule has 0 aliphatic heterocycles. The second-order valence-electron chi connectivity index (χ2n) is 4.55. The van der Waals surface area contributed by atoms with Gasteiger partial charge in [-0.15, -0.1) is 6.42 Å². The molecule has 0 amide bonds. The first-order chi connectivity index (χ1) is 10.4. The third-order valence-corrected chi connectivity index (χ3v) is 4.47. The van der Waals surface area contributed by atoms with Crippen LogP contribution in [0.1, 0.15) is 17.4 Å². The molecule has 0 saturated carbocycles. The van der Waals surface area contributed by atoms with Crippen molar-refractivity contribution in [2.24, 2.45) is 0 Å². The fourth-order valence-corrected chi connectivity index (χ4v) is 3.28. The van der Waals surface area contributed by atoms with Gasteiger partial charge in [0.05, 0.1) is 11.9 Å². The highest BCUT2D eigenvalue weighted by atomic mass is 32.2. The summed E-state index contributed by atoms with van der Waals surface area (Å²) in [5.74, 6) is 2.42. The lowest BCUT2D eigenvalue weighted by Gasteiger charge is -2.28. The molecular formula is C15H14N2O3S2. The van der Waals surface area contributed by atoms with Gasteiger partial charge in [0.2, 0.25) is 10.0 Å². The standard InChI is InChI=1S/C15H14N2O3S2/c1-3-11-7-4-5-9-13(11)17(22(2,19)20)15(18)12-8-6-10-16-14(12)21/h1,4-10,15,18H,2H3,(H,16,21). The van der Waals surface area contributed by atoms with E-state index in [0.29, 0.717) is 5.56 Å². The number of aliphatic hydroxyl groups excluding tert-OH is 1. The van der Waals surface area contributed by atoms with Crippen molar-refractivity contribution >= 4 is 27.9 Å². The highest BCUT2D eigenvalue weighted by Gasteiger charge is 2.29. The van der Waals surface area contributed by atoms with Crippen LogP contribution in [0.15, 0.2) is 42.6 Å². The first-order valence-electron chi connectivity index (χ1n) is 6.27. The first-order valence-corrected chi connectivity index (χ1v) is 8.52. The van der Waals surface area contributed by atoms with E-state index in [1.54, 1.807) is 36.5 Å². The molecule has 1 aromatic carbocycles. The first kappa shape index (κ1) is 16.2. The number of aliphatic hydroxyl groups is 1. The van der Waals surface area contributed by atoms with Gasteiger partial charge in [0.25, 0.3) is 0 Å². The minimum absolute atomic E-state index is 0.221. The summed E-state index contributed by atoms with van der Waals surface area (Å²) in [6, 6.07) is 9.66. The van der Waals surface area contributed by atoms with Crippen molar-refractivity contribution < 1.29 is 13.5 Å². The number of anilines is 1. The Morgan fingerprint density at radius 1 is 1.32 bits per heavy atom. The number of aromatic amines is 1. The molecule has 1 atom stereocenters. The van der Waals surface area contributed by atoms with Crippen LogP contribution in [0.25, 0.3) is 0 Å². The van der Waals surface area contributed by atoms with Crippen LogP contribution in [0.2, 0.25) is 0 Å². The van der Waals surface area contributed by atoms with Gasteiger partial charge in [-0.25, -0.2) is 12.7 Å². The monoisotopic (exact) mass is 334 g/mol. The minimum Gasteiger partial charge on any atom is -0.368 e. The molecular weight excluding hydrogens is 320 g/mol. The zero-order chi connectivity index (χ0) is 16.3. The van der Waals surface area contributed by atoms with Gasteiger partial charge in [-0.05, 0) is 18.2 Å². The van der Waals surface area contributed by atoms with E-state index in [1.165, 1.54) is 6.07 Å². The van der Waals surface area contributed by atoms with Crippen molar-refractivity contribution in [2.75, 3.05) is 10.6 Å². The van der Waals surface area contributed by atoms with Gasteiger partial charge < -0.3 is 10.1 Å². The molecule has 0 aliphatic rings. The van der Waals surface area contributed by atoms with Crippen molar-refractivity contribution in [1.29, 1.82) is 0 Å². The molecule has 0 aliphatic carbocycles. The molecule has 0 fully saturated rings. The number of terminal acetylenes is 1. The Morgan fingerprint density at radius 2 is 2.00 bits per heavy atom. The predicted molar refractivity (Wildman–Crippen MR) is 88.3 cm³/mol. The molecule has 0 spiro atoms. The van der Waals surface area contributed by atoms with Crippen LogP contribution >= 0.6 is 12.2 Å². The number of pyridine rings is 1.